The maximum Gasteiger partial charge on any atom is 0.100 e. The molecule has 1 aromatic heterocycles. The van der Waals surface area contributed by atoms with E-state index in [4.69, 9.17) is 0 Å². The molecular weight excluding hydrogens is 321 g/mol. The van der Waals surface area contributed by atoms with E-state index in [1.807, 2.05) is 6.08 Å². The standard InChI is InChI=1S/C24H30FN/c1-14(2)9-17-12-19(13-17)22-21-11-15(3)10-16(4)23(21)26-24(22)18-5-7-20(25)8-6-18/h5,7,10-11,14,17,19,26H,6,8-9,12-13H2,1-4H3. The Hall–Kier alpha value is -1.83. The number of aromatic amines is 1. The fourth-order valence-electron chi connectivity index (χ4n) is 5.00. The highest BCUT2D eigenvalue weighted by Crippen LogP contribution is 2.49. The summed E-state index contributed by atoms with van der Waals surface area (Å²) in [5.41, 5.74) is 7.93. The molecule has 0 saturated heterocycles. The molecule has 2 aromatic rings. The molecule has 0 aliphatic heterocycles. The number of nitrogens with one attached hydrogen (secondary N) is 1. The van der Waals surface area contributed by atoms with Crippen molar-refractivity contribution in [1.82, 2.24) is 4.98 Å². The first-order valence-corrected chi connectivity index (χ1v) is 10.1. The fourth-order valence-corrected chi connectivity index (χ4v) is 5.00. The lowest BCUT2D eigenvalue weighted by Crippen LogP contribution is -2.24. The van der Waals surface area contributed by atoms with E-state index in [-0.39, 0.29) is 5.83 Å². The average Bonchev–Trinajstić information content (AvgIpc) is 2.90. The van der Waals surface area contributed by atoms with Gasteiger partial charge in [0.2, 0.25) is 0 Å². The largest absolute Gasteiger partial charge is 0.354 e. The number of hydrogen-bond acceptors (Lipinski definition) is 0. The lowest BCUT2D eigenvalue weighted by Gasteiger charge is -2.37. The van der Waals surface area contributed by atoms with E-state index in [0.717, 1.165) is 18.3 Å². The molecule has 1 N–H and O–H groups in total. The Kier molecular flexibility index (Phi) is 4.54. The first-order valence-electron chi connectivity index (χ1n) is 10.1. The second-order valence-corrected chi connectivity index (χ2v) is 8.89. The molecule has 0 atom stereocenters. The minimum Gasteiger partial charge on any atom is -0.354 e. The summed E-state index contributed by atoms with van der Waals surface area (Å²) in [6.45, 7) is 9.02. The summed E-state index contributed by atoms with van der Waals surface area (Å²) in [4.78, 5) is 3.73. The highest BCUT2D eigenvalue weighted by Gasteiger charge is 2.34. The monoisotopic (exact) mass is 351 g/mol. The quantitative estimate of drug-likeness (QED) is 0.592. The molecule has 0 unspecified atom stereocenters. The molecule has 2 aliphatic carbocycles. The van der Waals surface area contributed by atoms with Crippen molar-refractivity contribution in [3.8, 4) is 0 Å². The smallest absolute Gasteiger partial charge is 0.100 e. The molecule has 0 spiro atoms. The van der Waals surface area contributed by atoms with Crippen molar-refractivity contribution in [1.29, 1.82) is 0 Å². The Balaban J connectivity index is 1.78. The third-order valence-corrected chi connectivity index (χ3v) is 6.16. The summed E-state index contributed by atoms with van der Waals surface area (Å²) < 4.78 is 13.5. The maximum atomic E-state index is 13.5. The first-order chi connectivity index (χ1) is 12.4. The second-order valence-electron chi connectivity index (χ2n) is 8.89. The molecule has 26 heavy (non-hydrogen) atoms. The van der Waals surface area contributed by atoms with Gasteiger partial charge in [0, 0.05) is 23.0 Å². The van der Waals surface area contributed by atoms with Gasteiger partial charge in [-0.15, -0.1) is 0 Å². The van der Waals surface area contributed by atoms with Gasteiger partial charge in [0.25, 0.3) is 0 Å². The number of allylic oxidation sites excluding steroid dienone is 4. The van der Waals surface area contributed by atoms with Gasteiger partial charge >= 0.3 is 0 Å². The predicted molar refractivity (Wildman–Crippen MR) is 109 cm³/mol. The summed E-state index contributed by atoms with van der Waals surface area (Å²) in [7, 11) is 0. The summed E-state index contributed by atoms with van der Waals surface area (Å²) in [5, 5.41) is 1.39. The van der Waals surface area contributed by atoms with Gasteiger partial charge in [0.15, 0.2) is 0 Å². The third-order valence-electron chi connectivity index (χ3n) is 6.16. The number of aryl methyl sites for hydroxylation is 2. The van der Waals surface area contributed by atoms with Crippen LogP contribution in [0.1, 0.15) is 74.3 Å². The van der Waals surface area contributed by atoms with Crippen LogP contribution in [0.4, 0.5) is 4.39 Å². The summed E-state index contributed by atoms with van der Waals surface area (Å²) >= 11 is 0. The lowest BCUT2D eigenvalue weighted by molar-refractivity contribution is 0.224. The van der Waals surface area contributed by atoms with Crippen LogP contribution in [0.15, 0.2) is 30.1 Å². The van der Waals surface area contributed by atoms with E-state index in [1.165, 1.54) is 58.1 Å². The normalized spacial score (nSPS) is 23.2. The number of fused-ring (bicyclic) bond motifs is 1. The Bertz CT molecular complexity index is 891. The van der Waals surface area contributed by atoms with Gasteiger partial charge in [-0.3, -0.25) is 0 Å². The molecule has 138 valence electrons. The lowest BCUT2D eigenvalue weighted by atomic mass is 9.67. The zero-order valence-electron chi connectivity index (χ0n) is 16.5. The number of halogens is 1. The van der Waals surface area contributed by atoms with Gasteiger partial charge in [-0.1, -0.05) is 31.6 Å². The maximum absolute atomic E-state index is 13.5. The zero-order valence-corrected chi connectivity index (χ0v) is 16.5. The molecule has 2 heteroatoms. The molecular formula is C24H30FN. The fraction of sp³-hybridized carbons (Fsp3) is 0.500. The van der Waals surface area contributed by atoms with Crippen LogP contribution in [-0.4, -0.2) is 4.98 Å². The molecule has 2 aliphatic rings. The van der Waals surface area contributed by atoms with Gasteiger partial charge in [0.05, 0.1) is 0 Å². The predicted octanol–water partition coefficient (Wildman–Crippen LogP) is 7.36. The molecule has 1 heterocycles. The number of aromatic nitrogens is 1. The minimum absolute atomic E-state index is 0.000854. The van der Waals surface area contributed by atoms with Crippen molar-refractivity contribution < 1.29 is 4.39 Å². The second kappa shape index (κ2) is 6.72. The zero-order chi connectivity index (χ0) is 18.4. The minimum atomic E-state index is -0.000854. The van der Waals surface area contributed by atoms with E-state index >= 15 is 0 Å². The highest BCUT2D eigenvalue weighted by molar-refractivity contribution is 5.93. The van der Waals surface area contributed by atoms with E-state index in [9.17, 15) is 4.39 Å². The SMILES string of the molecule is Cc1cc(C)c2[nH]c(C3=CC=C(F)CC3)c(C3CC(CC(C)C)C3)c2c1. The third kappa shape index (κ3) is 3.15. The van der Waals surface area contributed by atoms with Gasteiger partial charge in [0.1, 0.15) is 5.83 Å². The summed E-state index contributed by atoms with van der Waals surface area (Å²) in [5.74, 6) is 2.28. The molecule has 0 bridgehead atoms. The van der Waals surface area contributed by atoms with Crippen LogP contribution >= 0.6 is 0 Å². The first kappa shape index (κ1) is 17.6. The van der Waals surface area contributed by atoms with Crippen LogP contribution in [0, 0.1) is 25.7 Å². The van der Waals surface area contributed by atoms with Crippen LogP contribution in [0.2, 0.25) is 0 Å². The van der Waals surface area contributed by atoms with Crippen LogP contribution < -0.4 is 0 Å². The average molecular weight is 352 g/mol. The Morgan fingerprint density at radius 1 is 1.12 bits per heavy atom. The Morgan fingerprint density at radius 2 is 1.88 bits per heavy atom. The van der Waals surface area contributed by atoms with E-state index in [0.29, 0.717) is 12.3 Å². The van der Waals surface area contributed by atoms with Crippen molar-refractivity contribution in [2.45, 2.75) is 65.7 Å². The molecule has 4 rings (SSSR count). The van der Waals surface area contributed by atoms with E-state index in [2.05, 4.69) is 44.8 Å². The number of benzene rings is 1. The van der Waals surface area contributed by atoms with E-state index in [1.54, 1.807) is 6.08 Å². The summed E-state index contributed by atoms with van der Waals surface area (Å²) in [6.07, 6.45) is 8.88. The molecule has 1 fully saturated rings. The van der Waals surface area contributed by atoms with Crippen molar-refractivity contribution >= 4 is 16.5 Å². The van der Waals surface area contributed by atoms with Crippen molar-refractivity contribution in [2.24, 2.45) is 11.8 Å². The molecule has 0 amide bonds. The van der Waals surface area contributed by atoms with Crippen LogP contribution in [0.3, 0.4) is 0 Å². The molecule has 1 nitrogen and oxygen atoms in total. The molecule has 0 radical (unpaired) electrons. The van der Waals surface area contributed by atoms with Gasteiger partial charge < -0.3 is 4.98 Å². The number of rotatable bonds is 4. The molecule has 1 saturated carbocycles. The Labute approximate surface area is 156 Å². The summed E-state index contributed by atoms with van der Waals surface area (Å²) in [6, 6.07) is 4.59. The topological polar surface area (TPSA) is 15.8 Å². The van der Waals surface area contributed by atoms with Crippen molar-refractivity contribution in [3.63, 3.8) is 0 Å². The number of H-pyrrole nitrogens is 1. The van der Waals surface area contributed by atoms with Crippen LogP contribution in [0.25, 0.3) is 16.5 Å². The Morgan fingerprint density at radius 3 is 2.54 bits per heavy atom. The van der Waals surface area contributed by atoms with Crippen LogP contribution in [-0.2, 0) is 0 Å². The van der Waals surface area contributed by atoms with Gasteiger partial charge in [-0.25, -0.2) is 4.39 Å². The van der Waals surface area contributed by atoms with Crippen LogP contribution in [0.5, 0.6) is 0 Å². The number of hydrogen-bond donors (Lipinski definition) is 1. The molecule has 1 aromatic carbocycles. The van der Waals surface area contributed by atoms with Gasteiger partial charge in [-0.2, -0.15) is 0 Å². The van der Waals surface area contributed by atoms with Crippen molar-refractivity contribution in [3.05, 3.63) is 52.5 Å². The van der Waals surface area contributed by atoms with Gasteiger partial charge in [-0.05, 0) is 86.1 Å². The highest BCUT2D eigenvalue weighted by atomic mass is 19.1. The van der Waals surface area contributed by atoms with E-state index < -0.39 is 0 Å². The van der Waals surface area contributed by atoms with Crippen molar-refractivity contribution in [2.75, 3.05) is 0 Å².